The molecule has 3 heteroatoms. The zero-order valence-electron chi connectivity index (χ0n) is 13.1. The van der Waals surface area contributed by atoms with Gasteiger partial charge in [-0.15, -0.1) is 0 Å². The first kappa shape index (κ1) is 14.1. The molecule has 0 aromatic heterocycles. The normalized spacial score (nSPS) is 37.0. The van der Waals surface area contributed by atoms with Crippen LogP contribution in [-0.2, 0) is 10.2 Å². The molecule has 0 radical (unpaired) electrons. The molecule has 4 aliphatic carbocycles. The molecule has 0 amide bonds. The van der Waals surface area contributed by atoms with Gasteiger partial charge in [0.2, 0.25) is 0 Å². The Balaban J connectivity index is 1.55. The second-order valence-corrected chi connectivity index (χ2v) is 7.82. The van der Waals surface area contributed by atoms with Gasteiger partial charge in [0, 0.05) is 0 Å². The van der Waals surface area contributed by atoms with E-state index in [1.165, 1.54) is 44.1 Å². The average Bonchev–Trinajstić information content (AvgIpc) is 2.46. The summed E-state index contributed by atoms with van der Waals surface area (Å²) in [5.41, 5.74) is 1.84. The number of hydrogen-bond acceptors (Lipinski definition) is 2. The Morgan fingerprint density at radius 3 is 2.05 bits per heavy atom. The molecule has 0 spiro atoms. The van der Waals surface area contributed by atoms with Crippen LogP contribution in [0.1, 0.15) is 51.0 Å². The Bertz CT molecular complexity index is 540. The van der Waals surface area contributed by atoms with Crippen LogP contribution in [0.25, 0.3) is 0 Å². The highest BCUT2D eigenvalue weighted by Gasteiger charge is 2.51. The van der Waals surface area contributed by atoms with Crippen LogP contribution in [0.4, 0.5) is 0 Å². The lowest BCUT2D eigenvalue weighted by atomic mass is 9.48. The quantitative estimate of drug-likeness (QED) is 0.914. The maximum Gasteiger partial charge on any atom is 0.344 e. The minimum atomic E-state index is -0.926. The third kappa shape index (κ3) is 2.31. The Morgan fingerprint density at radius 1 is 1.09 bits per heavy atom. The first-order chi connectivity index (χ1) is 10.5. The van der Waals surface area contributed by atoms with Crippen molar-refractivity contribution >= 4 is 5.97 Å². The summed E-state index contributed by atoms with van der Waals surface area (Å²) in [4.78, 5) is 10.9. The molecular weight excluding hydrogens is 276 g/mol. The van der Waals surface area contributed by atoms with Crippen molar-refractivity contribution in [2.24, 2.45) is 17.8 Å². The van der Waals surface area contributed by atoms with E-state index in [1.807, 2.05) is 12.1 Å². The van der Waals surface area contributed by atoms with Crippen LogP contribution in [0.3, 0.4) is 0 Å². The van der Waals surface area contributed by atoms with Crippen molar-refractivity contribution in [1.82, 2.24) is 0 Å². The molecule has 0 heterocycles. The van der Waals surface area contributed by atoms with E-state index in [0.717, 1.165) is 17.8 Å². The number of carboxylic acids is 1. The van der Waals surface area contributed by atoms with Gasteiger partial charge < -0.3 is 9.84 Å². The largest absolute Gasteiger partial charge is 0.479 e. The van der Waals surface area contributed by atoms with Crippen molar-refractivity contribution in [3.63, 3.8) is 0 Å². The third-order valence-corrected chi connectivity index (χ3v) is 6.17. The fourth-order valence-electron chi connectivity index (χ4n) is 5.61. The average molecular weight is 300 g/mol. The Kier molecular flexibility index (Phi) is 3.21. The van der Waals surface area contributed by atoms with Gasteiger partial charge in [-0.25, -0.2) is 4.79 Å². The van der Waals surface area contributed by atoms with Crippen molar-refractivity contribution in [2.75, 3.05) is 0 Å². The Labute approximate surface area is 131 Å². The summed E-state index contributed by atoms with van der Waals surface area (Å²) in [5, 5.41) is 8.93. The molecule has 0 saturated heterocycles. The van der Waals surface area contributed by atoms with Crippen LogP contribution in [0, 0.1) is 17.8 Å². The molecule has 4 saturated carbocycles. The lowest BCUT2D eigenvalue weighted by Crippen LogP contribution is -2.48. The monoisotopic (exact) mass is 300 g/mol. The summed E-state index contributed by atoms with van der Waals surface area (Å²) in [5.74, 6) is 2.55. The lowest BCUT2D eigenvalue weighted by Gasteiger charge is -2.57. The zero-order valence-corrected chi connectivity index (χ0v) is 13.1. The van der Waals surface area contributed by atoms with Gasteiger partial charge in [0.1, 0.15) is 5.75 Å². The molecule has 4 fully saturated rings. The second-order valence-electron chi connectivity index (χ2n) is 7.82. The van der Waals surface area contributed by atoms with E-state index in [4.69, 9.17) is 9.84 Å². The molecular formula is C19H24O3. The minimum Gasteiger partial charge on any atom is -0.479 e. The fourth-order valence-corrected chi connectivity index (χ4v) is 5.61. The van der Waals surface area contributed by atoms with Gasteiger partial charge in [-0.1, -0.05) is 12.1 Å². The SMILES string of the molecule is C[C@H](Oc1ccc(C23CC4CC(CC(C4)C2)C3)cc1)C(=O)O. The van der Waals surface area contributed by atoms with Crippen molar-refractivity contribution in [3.8, 4) is 5.75 Å². The zero-order chi connectivity index (χ0) is 15.3. The van der Waals surface area contributed by atoms with Crippen molar-refractivity contribution < 1.29 is 14.6 Å². The van der Waals surface area contributed by atoms with E-state index in [9.17, 15) is 4.79 Å². The summed E-state index contributed by atoms with van der Waals surface area (Å²) in [7, 11) is 0. The molecule has 1 atom stereocenters. The molecule has 0 unspecified atom stereocenters. The van der Waals surface area contributed by atoms with Gasteiger partial charge in [0.25, 0.3) is 0 Å². The van der Waals surface area contributed by atoms with Gasteiger partial charge in [0.05, 0.1) is 0 Å². The number of aliphatic carboxylic acids is 1. The number of benzene rings is 1. The molecule has 22 heavy (non-hydrogen) atoms. The van der Waals surface area contributed by atoms with Crippen molar-refractivity contribution in [2.45, 2.75) is 57.0 Å². The lowest BCUT2D eigenvalue weighted by molar-refractivity contribution is -0.144. The maximum atomic E-state index is 10.9. The number of hydrogen-bond donors (Lipinski definition) is 1. The van der Waals surface area contributed by atoms with Crippen LogP contribution < -0.4 is 4.74 Å². The number of carboxylic acid groups (broad SMARTS) is 1. The van der Waals surface area contributed by atoms with E-state index < -0.39 is 12.1 Å². The van der Waals surface area contributed by atoms with Crippen LogP contribution in [-0.4, -0.2) is 17.2 Å². The van der Waals surface area contributed by atoms with Gasteiger partial charge in [-0.3, -0.25) is 0 Å². The number of carbonyl (C=O) groups is 1. The van der Waals surface area contributed by atoms with Gasteiger partial charge in [-0.2, -0.15) is 0 Å². The smallest absolute Gasteiger partial charge is 0.344 e. The summed E-state index contributed by atoms with van der Waals surface area (Å²) < 4.78 is 5.45. The van der Waals surface area contributed by atoms with Gasteiger partial charge in [0.15, 0.2) is 6.10 Å². The highest BCUT2D eigenvalue weighted by atomic mass is 16.5. The molecule has 118 valence electrons. The Morgan fingerprint density at radius 2 is 1.59 bits per heavy atom. The predicted octanol–water partition coefficient (Wildman–Crippen LogP) is 4.01. The summed E-state index contributed by atoms with van der Waals surface area (Å²) in [6, 6.07) is 8.26. The Hall–Kier alpha value is -1.51. The van der Waals surface area contributed by atoms with E-state index in [0.29, 0.717) is 11.2 Å². The van der Waals surface area contributed by atoms with Crippen molar-refractivity contribution in [3.05, 3.63) is 29.8 Å². The number of rotatable bonds is 4. The van der Waals surface area contributed by atoms with Gasteiger partial charge in [-0.05, 0) is 86.3 Å². The minimum absolute atomic E-state index is 0.395. The van der Waals surface area contributed by atoms with Crippen LogP contribution in [0.5, 0.6) is 5.75 Å². The molecule has 0 aliphatic heterocycles. The molecule has 4 aliphatic rings. The molecule has 4 bridgehead atoms. The summed E-state index contributed by atoms with van der Waals surface area (Å²) in [6.07, 6.45) is 7.62. The molecule has 1 N–H and O–H groups in total. The molecule has 1 aromatic carbocycles. The predicted molar refractivity (Wildman–Crippen MR) is 84.0 cm³/mol. The van der Waals surface area contributed by atoms with E-state index in [-0.39, 0.29) is 0 Å². The number of ether oxygens (including phenoxy) is 1. The van der Waals surface area contributed by atoms with Crippen molar-refractivity contribution in [1.29, 1.82) is 0 Å². The summed E-state index contributed by atoms with van der Waals surface area (Å²) in [6.45, 7) is 1.56. The van der Waals surface area contributed by atoms with Crippen LogP contribution >= 0.6 is 0 Å². The highest BCUT2D eigenvalue weighted by Crippen LogP contribution is 2.60. The fraction of sp³-hybridized carbons (Fsp3) is 0.632. The molecule has 5 rings (SSSR count). The standard InChI is InChI=1S/C19H24O3/c1-12(18(20)21)22-17-4-2-16(3-5-17)19-9-13-6-14(10-19)8-15(7-13)11-19/h2-5,12-15H,6-11H2,1H3,(H,20,21)/t12-,13?,14?,15?,19?/m0/s1. The van der Waals surface area contributed by atoms with E-state index in [1.54, 1.807) is 6.92 Å². The molecule has 1 aromatic rings. The van der Waals surface area contributed by atoms with Crippen LogP contribution in [0.15, 0.2) is 24.3 Å². The molecule has 3 nitrogen and oxygen atoms in total. The maximum absolute atomic E-state index is 10.9. The highest BCUT2D eigenvalue weighted by molar-refractivity contribution is 5.72. The van der Waals surface area contributed by atoms with Gasteiger partial charge >= 0.3 is 5.97 Å². The summed E-state index contributed by atoms with van der Waals surface area (Å²) >= 11 is 0. The van der Waals surface area contributed by atoms with Crippen LogP contribution in [0.2, 0.25) is 0 Å². The van der Waals surface area contributed by atoms with E-state index >= 15 is 0 Å². The van der Waals surface area contributed by atoms with E-state index in [2.05, 4.69) is 12.1 Å². The first-order valence-electron chi connectivity index (χ1n) is 8.54. The topological polar surface area (TPSA) is 46.5 Å². The second kappa shape index (κ2) is 5.00. The third-order valence-electron chi connectivity index (χ3n) is 6.17. The first-order valence-corrected chi connectivity index (χ1v) is 8.54.